The fraction of sp³-hybridized carbons (Fsp3) is 0.500. The molecule has 1 amide bonds. The molecule has 0 bridgehead atoms. The fourth-order valence-corrected chi connectivity index (χ4v) is 1.72. The van der Waals surface area contributed by atoms with E-state index in [1.165, 1.54) is 6.33 Å². The normalized spacial score (nSPS) is 21.4. The van der Waals surface area contributed by atoms with E-state index in [1.54, 1.807) is 12.4 Å². The number of rotatable bonds is 1. The zero-order chi connectivity index (χ0) is 10.7. The van der Waals surface area contributed by atoms with Gasteiger partial charge in [0.2, 0.25) is 0 Å². The molecular formula is C10H14N4O. The van der Waals surface area contributed by atoms with Gasteiger partial charge in [0.1, 0.15) is 6.33 Å². The number of carbonyl (C=O) groups is 1. The molecule has 0 spiro atoms. The molecule has 80 valence electrons. The first-order valence-corrected chi connectivity index (χ1v) is 5.06. The Labute approximate surface area is 88.5 Å². The van der Waals surface area contributed by atoms with Crippen LogP contribution < -0.4 is 5.32 Å². The molecule has 0 aliphatic carbocycles. The van der Waals surface area contributed by atoms with Gasteiger partial charge in [-0.2, -0.15) is 0 Å². The Kier molecular flexibility index (Phi) is 2.91. The lowest BCUT2D eigenvalue weighted by molar-refractivity contribution is 0.0655. The first kappa shape index (κ1) is 10.0. The van der Waals surface area contributed by atoms with Crippen molar-refractivity contribution in [3.63, 3.8) is 0 Å². The van der Waals surface area contributed by atoms with E-state index < -0.39 is 0 Å². The largest absolute Gasteiger partial charge is 0.333 e. The number of carbonyl (C=O) groups excluding carboxylic acids is 1. The summed E-state index contributed by atoms with van der Waals surface area (Å²) in [6.45, 7) is 4.48. The number of nitrogens with zero attached hydrogens (tertiary/aromatic N) is 3. The molecule has 1 atom stereocenters. The zero-order valence-corrected chi connectivity index (χ0v) is 8.68. The van der Waals surface area contributed by atoms with Crippen LogP contribution in [0.3, 0.4) is 0 Å². The number of hydrogen-bond acceptors (Lipinski definition) is 4. The van der Waals surface area contributed by atoms with Gasteiger partial charge in [-0.3, -0.25) is 4.79 Å². The second-order valence-electron chi connectivity index (χ2n) is 3.68. The van der Waals surface area contributed by atoms with Gasteiger partial charge in [-0.1, -0.05) is 0 Å². The van der Waals surface area contributed by atoms with Crippen LogP contribution >= 0.6 is 0 Å². The second kappa shape index (κ2) is 4.35. The highest BCUT2D eigenvalue weighted by molar-refractivity contribution is 5.93. The third-order valence-electron chi connectivity index (χ3n) is 2.57. The molecule has 0 radical (unpaired) electrons. The number of aromatic nitrogens is 2. The molecule has 0 saturated carbocycles. The number of piperazine rings is 1. The predicted molar refractivity (Wildman–Crippen MR) is 55.4 cm³/mol. The minimum atomic E-state index is 0.0181. The second-order valence-corrected chi connectivity index (χ2v) is 3.68. The van der Waals surface area contributed by atoms with E-state index >= 15 is 0 Å². The van der Waals surface area contributed by atoms with Crippen LogP contribution in [0.2, 0.25) is 0 Å². The third-order valence-corrected chi connectivity index (χ3v) is 2.57. The topological polar surface area (TPSA) is 58.1 Å². The van der Waals surface area contributed by atoms with E-state index in [1.807, 2.05) is 11.8 Å². The lowest BCUT2D eigenvalue weighted by Crippen LogP contribution is -2.52. The van der Waals surface area contributed by atoms with Crippen molar-refractivity contribution in [3.05, 3.63) is 24.3 Å². The summed E-state index contributed by atoms with van der Waals surface area (Å²) in [7, 11) is 0. The Morgan fingerprint density at radius 3 is 2.93 bits per heavy atom. The zero-order valence-electron chi connectivity index (χ0n) is 8.68. The lowest BCUT2D eigenvalue weighted by atomic mass is 10.2. The Bertz CT molecular complexity index is 341. The van der Waals surface area contributed by atoms with E-state index in [0.717, 1.165) is 19.6 Å². The number of hydrogen-bond donors (Lipinski definition) is 1. The van der Waals surface area contributed by atoms with E-state index in [-0.39, 0.29) is 11.9 Å². The molecule has 0 unspecified atom stereocenters. The van der Waals surface area contributed by atoms with Crippen LogP contribution in [-0.2, 0) is 0 Å². The molecule has 1 N–H and O–H groups in total. The van der Waals surface area contributed by atoms with Gasteiger partial charge in [0.25, 0.3) is 5.91 Å². The van der Waals surface area contributed by atoms with Crippen molar-refractivity contribution in [2.45, 2.75) is 13.0 Å². The van der Waals surface area contributed by atoms with Crippen molar-refractivity contribution >= 4 is 5.91 Å². The highest BCUT2D eigenvalue weighted by Crippen LogP contribution is 2.08. The first-order valence-electron chi connectivity index (χ1n) is 5.06. The summed E-state index contributed by atoms with van der Waals surface area (Å²) in [5, 5.41) is 3.25. The Balaban J connectivity index is 2.13. The first-order chi connectivity index (χ1) is 7.29. The van der Waals surface area contributed by atoms with Crippen LogP contribution in [0.5, 0.6) is 0 Å². The Morgan fingerprint density at radius 2 is 2.27 bits per heavy atom. The van der Waals surface area contributed by atoms with Crippen molar-refractivity contribution in [1.29, 1.82) is 0 Å². The van der Waals surface area contributed by atoms with Gasteiger partial charge in [0.05, 0.1) is 5.56 Å². The summed E-state index contributed by atoms with van der Waals surface area (Å²) in [4.78, 5) is 21.6. The average molecular weight is 206 g/mol. The van der Waals surface area contributed by atoms with Crippen molar-refractivity contribution in [3.8, 4) is 0 Å². The summed E-state index contributed by atoms with van der Waals surface area (Å²) in [6, 6.07) is 0.228. The Hall–Kier alpha value is -1.49. The van der Waals surface area contributed by atoms with Crippen LogP contribution in [-0.4, -0.2) is 46.5 Å². The molecule has 1 aromatic heterocycles. The van der Waals surface area contributed by atoms with Crippen molar-refractivity contribution in [1.82, 2.24) is 20.2 Å². The van der Waals surface area contributed by atoms with Gasteiger partial charge in [-0.25, -0.2) is 9.97 Å². The van der Waals surface area contributed by atoms with Crippen molar-refractivity contribution in [2.24, 2.45) is 0 Å². The summed E-state index contributed by atoms with van der Waals surface area (Å²) in [6.07, 6.45) is 4.55. The highest BCUT2D eigenvalue weighted by Gasteiger charge is 2.23. The van der Waals surface area contributed by atoms with Gasteiger partial charge < -0.3 is 10.2 Å². The fourth-order valence-electron chi connectivity index (χ4n) is 1.72. The predicted octanol–water partition coefficient (Wildman–Crippen LogP) is -0.0895. The van der Waals surface area contributed by atoms with Crippen LogP contribution in [0, 0.1) is 0 Å². The van der Waals surface area contributed by atoms with Crippen LogP contribution in [0.25, 0.3) is 0 Å². The van der Waals surface area contributed by atoms with Crippen LogP contribution in [0.4, 0.5) is 0 Å². The summed E-state index contributed by atoms with van der Waals surface area (Å²) < 4.78 is 0. The number of nitrogens with one attached hydrogen (secondary N) is 1. The lowest BCUT2D eigenvalue weighted by Gasteiger charge is -2.33. The minimum absolute atomic E-state index is 0.0181. The maximum Gasteiger partial charge on any atom is 0.257 e. The standard InChI is InChI=1S/C10H14N4O/c1-8-4-11-2-3-14(8)10(15)9-5-12-7-13-6-9/h5-8,11H,2-4H2,1H3/t8-/m0/s1. The Morgan fingerprint density at radius 1 is 1.53 bits per heavy atom. The van der Waals surface area contributed by atoms with Gasteiger partial charge in [-0.05, 0) is 6.92 Å². The molecule has 0 aromatic carbocycles. The van der Waals surface area contributed by atoms with Gasteiger partial charge in [-0.15, -0.1) is 0 Å². The maximum absolute atomic E-state index is 12.0. The third kappa shape index (κ3) is 2.12. The summed E-state index contributed by atoms with van der Waals surface area (Å²) in [5.41, 5.74) is 0.561. The monoisotopic (exact) mass is 206 g/mol. The SMILES string of the molecule is C[C@H]1CNCCN1C(=O)c1cncnc1. The van der Waals surface area contributed by atoms with Gasteiger partial charge >= 0.3 is 0 Å². The highest BCUT2D eigenvalue weighted by atomic mass is 16.2. The summed E-state index contributed by atoms with van der Waals surface area (Å²) >= 11 is 0. The van der Waals surface area contributed by atoms with E-state index in [4.69, 9.17) is 0 Å². The minimum Gasteiger partial charge on any atom is -0.333 e. The van der Waals surface area contributed by atoms with Crippen molar-refractivity contribution < 1.29 is 4.79 Å². The van der Waals surface area contributed by atoms with E-state index in [9.17, 15) is 4.79 Å². The molecule has 1 fully saturated rings. The molecule has 15 heavy (non-hydrogen) atoms. The van der Waals surface area contributed by atoms with Crippen molar-refractivity contribution in [2.75, 3.05) is 19.6 Å². The summed E-state index contributed by atoms with van der Waals surface area (Å²) in [5.74, 6) is 0.0181. The average Bonchev–Trinajstić information content (AvgIpc) is 2.30. The molecule has 1 aliphatic heterocycles. The smallest absolute Gasteiger partial charge is 0.257 e. The van der Waals surface area contributed by atoms with Crippen LogP contribution in [0.15, 0.2) is 18.7 Å². The van der Waals surface area contributed by atoms with Gasteiger partial charge in [0, 0.05) is 38.1 Å². The van der Waals surface area contributed by atoms with Gasteiger partial charge in [0.15, 0.2) is 0 Å². The molecule has 5 nitrogen and oxygen atoms in total. The van der Waals surface area contributed by atoms with E-state index in [0.29, 0.717) is 5.56 Å². The molecule has 1 aromatic rings. The molecule has 2 rings (SSSR count). The maximum atomic E-state index is 12.0. The van der Waals surface area contributed by atoms with Crippen LogP contribution in [0.1, 0.15) is 17.3 Å². The molecule has 2 heterocycles. The molecule has 1 saturated heterocycles. The molecular weight excluding hydrogens is 192 g/mol. The van der Waals surface area contributed by atoms with E-state index in [2.05, 4.69) is 15.3 Å². The quantitative estimate of drug-likeness (QED) is 0.697. The molecule has 5 heteroatoms. The number of amides is 1. The molecule has 1 aliphatic rings.